The first-order valence-corrected chi connectivity index (χ1v) is 20.7. The molecular weight excluding hydrogens is 707 g/mol. The molecule has 0 unspecified atom stereocenters. The zero-order valence-corrected chi connectivity index (χ0v) is 34.5. The van der Waals surface area contributed by atoms with Gasteiger partial charge in [0.15, 0.2) is 0 Å². The minimum absolute atomic E-state index is 0.0946. The molecule has 0 spiro atoms. The van der Waals surface area contributed by atoms with Crippen molar-refractivity contribution in [1.82, 2.24) is 14.5 Å². The van der Waals surface area contributed by atoms with Crippen LogP contribution in [-0.4, -0.2) is 19.6 Å². The van der Waals surface area contributed by atoms with Crippen LogP contribution in [0.4, 0.5) is 0 Å². The van der Waals surface area contributed by atoms with Crippen LogP contribution in [-0.2, 0) is 23.7 Å². The van der Waals surface area contributed by atoms with Gasteiger partial charge in [-0.25, -0.2) is 4.98 Å². The van der Waals surface area contributed by atoms with Gasteiger partial charge in [0.05, 0.1) is 28.0 Å². The van der Waals surface area contributed by atoms with Crippen molar-refractivity contribution in [3.05, 3.63) is 168 Å². The van der Waals surface area contributed by atoms with E-state index in [4.69, 9.17) is 9.97 Å². The fourth-order valence-corrected chi connectivity index (χ4v) is 8.53. The first kappa shape index (κ1) is 37.3. The average molecular weight is 758 g/mol. The summed E-state index contributed by atoms with van der Waals surface area (Å²) < 4.78 is 2.26. The van der Waals surface area contributed by atoms with Crippen molar-refractivity contribution in [2.24, 2.45) is 0 Å². The lowest BCUT2D eigenvalue weighted by Gasteiger charge is -2.22. The average Bonchev–Trinajstić information content (AvgIpc) is 3.62. The second kappa shape index (κ2) is 14.6. The largest absolute Gasteiger partial charge is 0.507 e. The van der Waals surface area contributed by atoms with Crippen LogP contribution >= 0.6 is 0 Å². The molecule has 0 fully saturated rings. The Morgan fingerprint density at radius 2 is 1.19 bits per heavy atom. The molecule has 58 heavy (non-hydrogen) atoms. The molecule has 2 aromatic heterocycles. The summed E-state index contributed by atoms with van der Waals surface area (Å²) in [7, 11) is 0. The number of rotatable bonds is 6. The van der Waals surface area contributed by atoms with E-state index in [2.05, 4.69) is 180 Å². The highest BCUT2D eigenvalue weighted by Crippen LogP contribution is 2.43. The van der Waals surface area contributed by atoms with Crippen LogP contribution in [0.2, 0.25) is 0 Å². The Hall–Kier alpha value is -6.26. The molecule has 8 aromatic rings. The van der Waals surface area contributed by atoms with Gasteiger partial charge in [-0.15, -0.1) is 0 Å². The molecule has 2 heterocycles. The zero-order valence-electron chi connectivity index (χ0n) is 34.5. The smallest absolute Gasteiger partial charge is 0.149 e. The Kier molecular flexibility index (Phi) is 9.39. The number of para-hydroxylation sites is 2. The molecule has 1 N–H and O–H groups in total. The topological polar surface area (TPSA) is 50.9 Å². The summed E-state index contributed by atoms with van der Waals surface area (Å²) in [5.74, 6) is 1.00. The van der Waals surface area contributed by atoms with E-state index in [0.717, 1.165) is 92.9 Å². The Morgan fingerprint density at radius 3 is 1.93 bits per heavy atom. The maximum absolute atomic E-state index is 11.8. The van der Waals surface area contributed by atoms with Crippen LogP contribution in [0.1, 0.15) is 76.6 Å². The highest BCUT2D eigenvalue weighted by Gasteiger charge is 2.25. The van der Waals surface area contributed by atoms with E-state index in [9.17, 15) is 5.11 Å². The molecule has 6 aromatic carbocycles. The normalized spacial score (nSPS) is 13.1. The van der Waals surface area contributed by atoms with E-state index < -0.39 is 0 Å². The van der Waals surface area contributed by atoms with Crippen molar-refractivity contribution < 1.29 is 5.11 Å². The number of pyridine rings is 1. The summed E-state index contributed by atoms with van der Waals surface area (Å²) in [5, 5.41) is 11.8. The third-order valence-corrected chi connectivity index (χ3v) is 11.9. The Labute approximate surface area is 342 Å². The molecular formula is C54H51N3O. The number of benzene rings is 6. The van der Waals surface area contributed by atoms with Gasteiger partial charge in [-0.2, -0.15) is 0 Å². The summed E-state index contributed by atoms with van der Waals surface area (Å²) in [6.07, 6.45) is 6.24. The molecule has 1 aliphatic carbocycles. The van der Waals surface area contributed by atoms with Crippen molar-refractivity contribution in [2.75, 3.05) is 0 Å². The first-order valence-electron chi connectivity index (χ1n) is 20.7. The predicted molar refractivity (Wildman–Crippen MR) is 242 cm³/mol. The number of phenolic OH excluding ortho intramolecular Hbond substituents is 1. The van der Waals surface area contributed by atoms with E-state index in [0.29, 0.717) is 0 Å². The molecule has 0 saturated heterocycles. The van der Waals surface area contributed by atoms with Gasteiger partial charge in [-0.3, -0.25) is 9.55 Å². The summed E-state index contributed by atoms with van der Waals surface area (Å²) in [4.78, 5) is 10.5. The molecule has 4 nitrogen and oxygen atoms in total. The quantitative estimate of drug-likeness (QED) is 0.184. The lowest BCUT2D eigenvalue weighted by Crippen LogP contribution is -2.11. The van der Waals surface area contributed by atoms with E-state index in [1.165, 1.54) is 27.8 Å². The number of phenols is 1. The third kappa shape index (κ3) is 7.02. The molecule has 9 rings (SSSR count). The third-order valence-electron chi connectivity index (χ3n) is 11.9. The second-order valence-electron chi connectivity index (χ2n) is 18.0. The van der Waals surface area contributed by atoms with E-state index in [-0.39, 0.29) is 16.6 Å². The molecule has 4 heteroatoms. The fraction of sp³-hybridized carbons (Fsp3) is 0.222. The molecule has 0 bridgehead atoms. The predicted octanol–water partition coefficient (Wildman–Crippen LogP) is 13.9. The van der Waals surface area contributed by atoms with Gasteiger partial charge in [0.1, 0.15) is 11.6 Å². The van der Waals surface area contributed by atoms with E-state index in [1.54, 1.807) is 0 Å². The Bertz CT molecular complexity index is 2800. The number of hydrogen-bond acceptors (Lipinski definition) is 3. The fourth-order valence-electron chi connectivity index (χ4n) is 8.53. The highest BCUT2D eigenvalue weighted by atomic mass is 16.3. The van der Waals surface area contributed by atoms with Gasteiger partial charge in [0, 0.05) is 22.9 Å². The number of nitrogens with zero attached hydrogens (tertiary/aromatic N) is 3. The maximum Gasteiger partial charge on any atom is 0.149 e. The minimum atomic E-state index is -0.118. The van der Waals surface area contributed by atoms with Gasteiger partial charge >= 0.3 is 0 Å². The van der Waals surface area contributed by atoms with Crippen LogP contribution in [0.25, 0.3) is 72.7 Å². The van der Waals surface area contributed by atoms with E-state index in [1.807, 2.05) is 12.3 Å². The van der Waals surface area contributed by atoms with Crippen molar-refractivity contribution in [2.45, 2.75) is 78.1 Å². The standard InChI is InChI=1S/C54H51N3O/c1-53(2,3)42-25-23-35(24-26-42)39-27-28-55-47(33-39)41-29-40(30-43(31-41)54(4,5)6)45-20-14-22-49-51(45)56-52(46-32-37-17-10-11-18-38(37)34-50(46)58)57(49)48-21-13-12-19-44(48)36-15-8-7-9-16-36/h7-9,12-16,19-34,58H,10-11,17-18H2,1-6H3. The van der Waals surface area contributed by atoms with Crippen LogP contribution in [0.5, 0.6) is 5.75 Å². The van der Waals surface area contributed by atoms with Crippen LogP contribution < -0.4 is 0 Å². The molecule has 0 saturated carbocycles. The number of imidazole rings is 1. The zero-order chi connectivity index (χ0) is 40.2. The maximum atomic E-state index is 11.8. The SMILES string of the molecule is CC(C)(C)c1ccc(-c2ccnc(-c3cc(-c4cccc5c4nc(-c4cc6c(cc4O)CCCC6)n5-c4ccccc4-c4ccccc4)cc(C(C)(C)C)c3)c2)cc1. The van der Waals surface area contributed by atoms with Gasteiger partial charge in [0.2, 0.25) is 0 Å². The molecule has 0 radical (unpaired) electrons. The van der Waals surface area contributed by atoms with Gasteiger partial charge in [-0.05, 0) is 130 Å². The number of hydrogen-bond donors (Lipinski definition) is 1. The second-order valence-corrected chi connectivity index (χ2v) is 18.0. The summed E-state index contributed by atoms with van der Waals surface area (Å²) in [6.45, 7) is 13.6. The molecule has 1 aliphatic rings. The summed E-state index contributed by atoms with van der Waals surface area (Å²) >= 11 is 0. The van der Waals surface area contributed by atoms with Crippen LogP contribution in [0.3, 0.4) is 0 Å². The van der Waals surface area contributed by atoms with Gasteiger partial charge < -0.3 is 5.11 Å². The Morgan fingerprint density at radius 1 is 0.517 bits per heavy atom. The minimum Gasteiger partial charge on any atom is -0.507 e. The monoisotopic (exact) mass is 757 g/mol. The number of aryl methyl sites for hydroxylation is 2. The number of fused-ring (bicyclic) bond motifs is 2. The van der Waals surface area contributed by atoms with Crippen molar-refractivity contribution in [3.8, 4) is 67.5 Å². The lowest BCUT2D eigenvalue weighted by atomic mass is 9.83. The molecule has 0 aliphatic heterocycles. The van der Waals surface area contributed by atoms with Crippen molar-refractivity contribution >= 4 is 11.0 Å². The number of aromatic hydroxyl groups is 1. The Balaban J connectivity index is 1.25. The molecule has 288 valence electrons. The van der Waals surface area contributed by atoms with Crippen LogP contribution in [0.15, 0.2) is 146 Å². The molecule has 0 amide bonds. The number of aromatic nitrogens is 3. The van der Waals surface area contributed by atoms with Gasteiger partial charge in [0.25, 0.3) is 0 Å². The van der Waals surface area contributed by atoms with Crippen molar-refractivity contribution in [3.63, 3.8) is 0 Å². The van der Waals surface area contributed by atoms with Crippen molar-refractivity contribution in [1.29, 1.82) is 0 Å². The van der Waals surface area contributed by atoms with Gasteiger partial charge in [-0.1, -0.05) is 133 Å². The molecule has 0 atom stereocenters. The summed E-state index contributed by atoms with van der Waals surface area (Å²) in [6, 6.07) is 49.9. The van der Waals surface area contributed by atoms with Crippen LogP contribution in [0, 0.1) is 0 Å². The highest BCUT2D eigenvalue weighted by molar-refractivity contribution is 5.97. The van der Waals surface area contributed by atoms with E-state index >= 15 is 0 Å². The lowest BCUT2D eigenvalue weighted by molar-refractivity contribution is 0.474. The summed E-state index contributed by atoms with van der Waals surface area (Å²) in [5.41, 5.74) is 17.3. The first-order chi connectivity index (χ1) is 27.9.